The van der Waals surface area contributed by atoms with Crippen LogP contribution in [0.3, 0.4) is 0 Å². The van der Waals surface area contributed by atoms with Crippen LogP contribution in [0.15, 0.2) is 29.6 Å². The van der Waals surface area contributed by atoms with Gasteiger partial charge in [0.05, 0.1) is 0 Å². The first-order valence-corrected chi connectivity index (χ1v) is 7.70. The van der Waals surface area contributed by atoms with Crippen LogP contribution in [-0.2, 0) is 19.5 Å². The normalized spacial score (nSPS) is 14.5. The minimum Gasteiger partial charge on any atom is -0.367 e. The van der Waals surface area contributed by atoms with Crippen LogP contribution in [0, 0.1) is 6.92 Å². The highest BCUT2D eigenvalue weighted by Gasteiger charge is 2.17. The molecule has 0 saturated carbocycles. The molecule has 1 N–H and O–H groups in total. The fourth-order valence-corrected chi connectivity index (χ4v) is 3.62. The fourth-order valence-electron chi connectivity index (χ4n) is 2.73. The molecular formula is C16H20N2S. The molecule has 2 aromatic rings. The van der Waals surface area contributed by atoms with Crippen LogP contribution >= 0.6 is 11.3 Å². The Balaban J connectivity index is 1.82. The zero-order valence-electron chi connectivity index (χ0n) is 11.6. The highest BCUT2D eigenvalue weighted by Crippen LogP contribution is 2.28. The minimum absolute atomic E-state index is 0.945. The van der Waals surface area contributed by atoms with Gasteiger partial charge in [0, 0.05) is 30.2 Å². The summed E-state index contributed by atoms with van der Waals surface area (Å²) in [4.78, 5) is 4.06. The van der Waals surface area contributed by atoms with Crippen LogP contribution < -0.4 is 10.2 Å². The highest BCUT2D eigenvalue weighted by atomic mass is 32.1. The first-order valence-electron chi connectivity index (χ1n) is 6.82. The Bertz CT molecular complexity index is 574. The maximum Gasteiger partial charge on any atom is 0.0440 e. The SMILES string of the molecule is CNCc1ccc(N2CCc3sccc3C2)cc1C. The summed E-state index contributed by atoms with van der Waals surface area (Å²) in [5.74, 6) is 0. The predicted octanol–water partition coefficient (Wildman–Crippen LogP) is 3.34. The van der Waals surface area contributed by atoms with E-state index in [1.165, 1.54) is 28.8 Å². The zero-order chi connectivity index (χ0) is 13.2. The lowest BCUT2D eigenvalue weighted by atomic mass is 10.0. The molecular weight excluding hydrogens is 252 g/mol. The molecule has 1 aliphatic rings. The van der Waals surface area contributed by atoms with E-state index in [0.717, 1.165) is 19.6 Å². The van der Waals surface area contributed by atoms with Crippen molar-refractivity contribution < 1.29 is 0 Å². The van der Waals surface area contributed by atoms with Crippen molar-refractivity contribution in [2.45, 2.75) is 26.4 Å². The molecule has 3 rings (SSSR count). The molecule has 0 aliphatic carbocycles. The molecule has 2 nitrogen and oxygen atoms in total. The van der Waals surface area contributed by atoms with Gasteiger partial charge >= 0.3 is 0 Å². The zero-order valence-corrected chi connectivity index (χ0v) is 12.4. The van der Waals surface area contributed by atoms with Crippen molar-refractivity contribution in [2.75, 3.05) is 18.5 Å². The van der Waals surface area contributed by atoms with Crippen molar-refractivity contribution in [2.24, 2.45) is 0 Å². The van der Waals surface area contributed by atoms with Gasteiger partial charge in [-0.25, -0.2) is 0 Å². The predicted molar refractivity (Wildman–Crippen MR) is 83.0 cm³/mol. The standard InChI is InChI=1S/C16H20N2S/c1-12-9-15(4-3-13(12)10-17-2)18-7-5-16-14(11-18)6-8-19-16/h3-4,6,8-9,17H,5,7,10-11H2,1-2H3. The molecule has 1 aromatic heterocycles. The third kappa shape index (κ3) is 2.53. The van der Waals surface area contributed by atoms with Crippen molar-refractivity contribution in [1.29, 1.82) is 0 Å². The molecule has 0 saturated heterocycles. The summed E-state index contributed by atoms with van der Waals surface area (Å²) in [7, 11) is 2.00. The van der Waals surface area contributed by atoms with Crippen LogP contribution in [0.25, 0.3) is 0 Å². The van der Waals surface area contributed by atoms with Crippen LogP contribution in [0.4, 0.5) is 5.69 Å². The number of benzene rings is 1. The number of hydrogen-bond acceptors (Lipinski definition) is 3. The molecule has 0 unspecified atom stereocenters. The Hall–Kier alpha value is -1.32. The molecule has 3 heteroatoms. The maximum absolute atomic E-state index is 3.22. The third-order valence-electron chi connectivity index (χ3n) is 3.87. The third-order valence-corrected chi connectivity index (χ3v) is 4.89. The summed E-state index contributed by atoms with van der Waals surface area (Å²) in [5, 5.41) is 5.44. The summed E-state index contributed by atoms with van der Waals surface area (Å²) in [5.41, 5.74) is 5.63. The molecule has 0 bridgehead atoms. The lowest BCUT2D eigenvalue weighted by Crippen LogP contribution is -2.29. The van der Waals surface area contributed by atoms with E-state index in [1.807, 2.05) is 18.4 Å². The van der Waals surface area contributed by atoms with Crippen LogP contribution in [0.2, 0.25) is 0 Å². The molecule has 0 radical (unpaired) electrons. The lowest BCUT2D eigenvalue weighted by Gasteiger charge is -2.29. The molecule has 1 aliphatic heterocycles. The summed E-state index contributed by atoms with van der Waals surface area (Å²) >= 11 is 1.90. The fraction of sp³-hybridized carbons (Fsp3) is 0.375. The second kappa shape index (κ2) is 5.35. The van der Waals surface area contributed by atoms with Crippen LogP contribution in [0.5, 0.6) is 0 Å². The Morgan fingerprint density at radius 2 is 2.21 bits per heavy atom. The largest absolute Gasteiger partial charge is 0.367 e. The molecule has 2 heterocycles. The molecule has 0 amide bonds. The van der Waals surface area contributed by atoms with E-state index < -0.39 is 0 Å². The van der Waals surface area contributed by atoms with Gasteiger partial charge < -0.3 is 10.2 Å². The number of aryl methyl sites for hydroxylation is 1. The number of fused-ring (bicyclic) bond motifs is 1. The molecule has 0 spiro atoms. The van der Waals surface area contributed by atoms with Crippen molar-refractivity contribution >= 4 is 17.0 Å². The van der Waals surface area contributed by atoms with Crippen molar-refractivity contribution in [1.82, 2.24) is 5.32 Å². The summed E-state index contributed by atoms with van der Waals surface area (Å²) in [6.45, 7) is 5.35. The van der Waals surface area contributed by atoms with Gasteiger partial charge in [0.1, 0.15) is 0 Å². The van der Waals surface area contributed by atoms with Gasteiger partial charge in [0.2, 0.25) is 0 Å². The quantitative estimate of drug-likeness (QED) is 0.922. The minimum atomic E-state index is 0.945. The number of nitrogens with one attached hydrogen (secondary N) is 1. The number of hydrogen-bond donors (Lipinski definition) is 1. The Labute approximate surface area is 119 Å². The molecule has 0 fully saturated rings. The van der Waals surface area contributed by atoms with Crippen LogP contribution in [-0.4, -0.2) is 13.6 Å². The topological polar surface area (TPSA) is 15.3 Å². The van der Waals surface area contributed by atoms with Crippen molar-refractivity contribution in [3.63, 3.8) is 0 Å². The lowest BCUT2D eigenvalue weighted by molar-refractivity contribution is 0.742. The maximum atomic E-state index is 3.22. The van der Waals surface area contributed by atoms with Gasteiger partial charge in [-0.1, -0.05) is 6.07 Å². The van der Waals surface area contributed by atoms with E-state index in [9.17, 15) is 0 Å². The van der Waals surface area contributed by atoms with E-state index in [2.05, 4.69) is 46.8 Å². The van der Waals surface area contributed by atoms with Gasteiger partial charge in [0.15, 0.2) is 0 Å². The van der Waals surface area contributed by atoms with Gasteiger partial charge in [-0.3, -0.25) is 0 Å². The molecule has 1 aromatic carbocycles. The van der Waals surface area contributed by atoms with E-state index in [0.29, 0.717) is 0 Å². The smallest absolute Gasteiger partial charge is 0.0440 e. The summed E-state index contributed by atoms with van der Waals surface area (Å²) < 4.78 is 0. The molecule has 0 atom stereocenters. The first kappa shape index (κ1) is 12.7. The monoisotopic (exact) mass is 272 g/mol. The van der Waals surface area contributed by atoms with Crippen LogP contribution in [0.1, 0.15) is 21.6 Å². The highest BCUT2D eigenvalue weighted by molar-refractivity contribution is 7.10. The first-order chi connectivity index (χ1) is 9.28. The number of rotatable bonds is 3. The Morgan fingerprint density at radius 3 is 3.00 bits per heavy atom. The number of anilines is 1. The average molecular weight is 272 g/mol. The van der Waals surface area contributed by atoms with Gasteiger partial charge in [-0.15, -0.1) is 11.3 Å². The average Bonchev–Trinajstić information content (AvgIpc) is 2.88. The van der Waals surface area contributed by atoms with Crippen molar-refractivity contribution in [3.05, 3.63) is 51.2 Å². The second-order valence-electron chi connectivity index (χ2n) is 5.18. The van der Waals surface area contributed by atoms with Gasteiger partial charge in [-0.2, -0.15) is 0 Å². The van der Waals surface area contributed by atoms with E-state index in [1.54, 1.807) is 4.88 Å². The van der Waals surface area contributed by atoms with E-state index >= 15 is 0 Å². The van der Waals surface area contributed by atoms with E-state index in [4.69, 9.17) is 0 Å². The van der Waals surface area contributed by atoms with Gasteiger partial charge in [-0.05, 0) is 60.7 Å². The Morgan fingerprint density at radius 1 is 1.32 bits per heavy atom. The number of thiophene rings is 1. The summed E-state index contributed by atoms with van der Waals surface area (Å²) in [6, 6.07) is 9.11. The second-order valence-corrected chi connectivity index (χ2v) is 6.18. The number of nitrogens with zero attached hydrogens (tertiary/aromatic N) is 1. The van der Waals surface area contributed by atoms with Gasteiger partial charge in [0.25, 0.3) is 0 Å². The Kier molecular flexibility index (Phi) is 3.58. The molecule has 100 valence electrons. The molecule has 19 heavy (non-hydrogen) atoms. The van der Waals surface area contributed by atoms with Crippen molar-refractivity contribution in [3.8, 4) is 0 Å². The summed E-state index contributed by atoms with van der Waals surface area (Å²) in [6.07, 6.45) is 1.18. The van der Waals surface area contributed by atoms with E-state index in [-0.39, 0.29) is 0 Å².